The van der Waals surface area contributed by atoms with Crippen molar-refractivity contribution in [1.82, 2.24) is 14.8 Å². The van der Waals surface area contributed by atoms with Crippen LogP contribution in [0.1, 0.15) is 12.6 Å². The Balaban J connectivity index is 1.55. The molecule has 0 amide bonds. The van der Waals surface area contributed by atoms with Gasteiger partial charge in [-0.05, 0) is 31.2 Å². The molecule has 2 aromatic rings. The summed E-state index contributed by atoms with van der Waals surface area (Å²) in [4.78, 5) is 9.22. The Hall–Kier alpha value is -1.40. The molecule has 0 bridgehead atoms. The number of aliphatic hydroxyl groups is 1. The Morgan fingerprint density at radius 3 is 2.48 bits per heavy atom. The highest BCUT2D eigenvalue weighted by atomic mass is 35.5. The number of rotatable bonds is 5. The normalized spacial score (nSPS) is 18.2. The second-order valence-corrected chi connectivity index (χ2v) is 6.51. The molecule has 5 nitrogen and oxygen atoms in total. The summed E-state index contributed by atoms with van der Waals surface area (Å²) in [5.74, 6) is 0.629. The van der Waals surface area contributed by atoms with Crippen LogP contribution in [-0.2, 0) is 6.54 Å². The molecule has 0 saturated carbocycles. The average molecular weight is 336 g/mol. The number of hydrogen-bond donors (Lipinski definition) is 1. The highest BCUT2D eigenvalue weighted by Gasteiger charge is 2.19. The van der Waals surface area contributed by atoms with Gasteiger partial charge in [0.25, 0.3) is 0 Å². The van der Waals surface area contributed by atoms with Crippen molar-refractivity contribution < 1.29 is 9.52 Å². The first-order chi connectivity index (χ1) is 11.1. The quantitative estimate of drug-likeness (QED) is 0.909. The molecule has 6 heteroatoms. The standard InChI is InChI=1S/C17H22ClN3O2/c1-13(22)10-20-6-8-21(9-7-20)11-16-12-23-17(19-16)14-2-4-15(18)5-3-14/h2-5,12-13,22H,6-11H2,1H3. The summed E-state index contributed by atoms with van der Waals surface area (Å²) < 4.78 is 5.58. The number of nitrogens with zero attached hydrogens (tertiary/aromatic N) is 3. The van der Waals surface area contributed by atoms with Gasteiger partial charge >= 0.3 is 0 Å². The van der Waals surface area contributed by atoms with Gasteiger partial charge in [0.1, 0.15) is 6.26 Å². The van der Waals surface area contributed by atoms with Gasteiger partial charge < -0.3 is 9.52 Å². The fourth-order valence-corrected chi connectivity index (χ4v) is 2.96. The maximum atomic E-state index is 9.45. The highest BCUT2D eigenvalue weighted by molar-refractivity contribution is 6.30. The minimum Gasteiger partial charge on any atom is -0.444 e. The van der Waals surface area contributed by atoms with Gasteiger partial charge in [0, 0.05) is 49.9 Å². The van der Waals surface area contributed by atoms with E-state index >= 15 is 0 Å². The summed E-state index contributed by atoms with van der Waals surface area (Å²) in [6.45, 7) is 7.30. The molecule has 0 radical (unpaired) electrons. The summed E-state index contributed by atoms with van der Waals surface area (Å²) >= 11 is 5.90. The fraction of sp³-hybridized carbons (Fsp3) is 0.471. The zero-order chi connectivity index (χ0) is 16.2. The first kappa shape index (κ1) is 16.5. The van der Waals surface area contributed by atoms with Crippen molar-refractivity contribution >= 4 is 11.6 Å². The van der Waals surface area contributed by atoms with Crippen molar-refractivity contribution in [2.75, 3.05) is 32.7 Å². The molecule has 1 fully saturated rings. The zero-order valence-corrected chi connectivity index (χ0v) is 14.0. The van der Waals surface area contributed by atoms with E-state index in [0.717, 1.165) is 50.5 Å². The van der Waals surface area contributed by atoms with Gasteiger partial charge in [-0.15, -0.1) is 0 Å². The van der Waals surface area contributed by atoms with Gasteiger partial charge in [0.15, 0.2) is 0 Å². The number of aliphatic hydroxyl groups excluding tert-OH is 1. The van der Waals surface area contributed by atoms with E-state index in [1.807, 2.05) is 31.2 Å². The number of piperazine rings is 1. The van der Waals surface area contributed by atoms with Crippen LogP contribution in [0.15, 0.2) is 34.9 Å². The lowest BCUT2D eigenvalue weighted by Crippen LogP contribution is -2.47. The van der Waals surface area contributed by atoms with Crippen LogP contribution in [0.5, 0.6) is 0 Å². The number of oxazole rings is 1. The summed E-state index contributed by atoms with van der Waals surface area (Å²) in [5, 5.41) is 10.2. The average Bonchev–Trinajstić information content (AvgIpc) is 2.98. The zero-order valence-electron chi connectivity index (χ0n) is 13.3. The van der Waals surface area contributed by atoms with Gasteiger partial charge in [-0.25, -0.2) is 4.98 Å². The molecule has 1 aromatic carbocycles. The second kappa shape index (κ2) is 7.45. The van der Waals surface area contributed by atoms with Crippen LogP contribution in [-0.4, -0.2) is 58.7 Å². The third-order valence-corrected chi connectivity index (χ3v) is 4.27. The first-order valence-electron chi connectivity index (χ1n) is 7.93. The Labute approximate surface area is 141 Å². The van der Waals surface area contributed by atoms with Crippen LogP contribution >= 0.6 is 11.6 Å². The van der Waals surface area contributed by atoms with Crippen LogP contribution in [0.3, 0.4) is 0 Å². The Kier molecular flexibility index (Phi) is 5.33. The maximum absolute atomic E-state index is 9.45. The lowest BCUT2D eigenvalue weighted by atomic mass is 10.2. The van der Waals surface area contributed by atoms with E-state index in [9.17, 15) is 5.11 Å². The third-order valence-electron chi connectivity index (χ3n) is 4.02. The third kappa shape index (κ3) is 4.54. The molecule has 1 atom stereocenters. The summed E-state index contributed by atoms with van der Waals surface area (Å²) in [5.41, 5.74) is 1.88. The van der Waals surface area contributed by atoms with Crippen molar-refractivity contribution in [1.29, 1.82) is 0 Å². The SMILES string of the molecule is CC(O)CN1CCN(Cc2coc(-c3ccc(Cl)cc3)n2)CC1. The molecule has 3 rings (SSSR count). The predicted molar refractivity (Wildman–Crippen MR) is 90.3 cm³/mol. The maximum Gasteiger partial charge on any atom is 0.226 e. The smallest absolute Gasteiger partial charge is 0.226 e. The van der Waals surface area contributed by atoms with Gasteiger partial charge in [-0.1, -0.05) is 11.6 Å². The number of hydrogen-bond acceptors (Lipinski definition) is 5. The van der Waals surface area contributed by atoms with Gasteiger partial charge in [0.05, 0.1) is 11.8 Å². The molecule has 2 heterocycles. The van der Waals surface area contributed by atoms with E-state index in [1.54, 1.807) is 6.26 Å². The lowest BCUT2D eigenvalue weighted by Gasteiger charge is -2.34. The van der Waals surface area contributed by atoms with Crippen molar-refractivity contribution in [3.05, 3.63) is 41.2 Å². The molecule has 124 valence electrons. The number of benzene rings is 1. The second-order valence-electron chi connectivity index (χ2n) is 6.08. The molecule has 1 unspecified atom stereocenters. The van der Waals surface area contributed by atoms with Crippen molar-refractivity contribution in [3.8, 4) is 11.5 Å². The van der Waals surface area contributed by atoms with Crippen LogP contribution in [0.25, 0.3) is 11.5 Å². The number of halogens is 1. The molecule has 1 N–H and O–H groups in total. The van der Waals surface area contributed by atoms with Crippen molar-refractivity contribution in [2.45, 2.75) is 19.6 Å². The Morgan fingerprint density at radius 2 is 1.83 bits per heavy atom. The molecule has 0 aliphatic carbocycles. The first-order valence-corrected chi connectivity index (χ1v) is 8.31. The molecular weight excluding hydrogens is 314 g/mol. The monoisotopic (exact) mass is 335 g/mol. The molecule has 1 saturated heterocycles. The van der Waals surface area contributed by atoms with Crippen LogP contribution in [0, 0.1) is 0 Å². The topological polar surface area (TPSA) is 52.7 Å². The predicted octanol–water partition coefficient (Wildman–Crippen LogP) is 2.49. The molecule has 1 aliphatic heterocycles. The lowest BCUT2D eigenvalue weighted by molar-refractivity contribution is 0.0776. The minimum atomic E-state index is -0.265. The summed E-state index contributed by atoms with van der Waals surface area (Å²) in [7, 11) is 0. The number of aromatic nitrogens is 1. The van der Waals surface area contributed by atoms with Crippen LogP contribution in [0.2, 0.25) is 5.02 Å². The van der Waals surface area contributed by atoms with Gasteiger partial charge in [0.2, 0.25) is 5.89 Å². The van der Waals surface area contributed by atoms with Gasteiger partial charge in [-0.2, -0.15) is 0 Å². The van der Waals surface area contributed by atoms with Crippen LogP contribution < -0.4 is 0 Å². The van der Waals surface area contributed by atoms with Crippen LogP contribution in [0.4, 0.5) is 0 Å². The molecule has 1 aliphatic rings. The summed E-state index contributed by atoms with van der Waals surface area (Å²) in [6.07, 6.45) is 1.46. The fourth-order valence-electron chi connectivity index (χ4n) is 2.84. The minimum absolute atomic E-state index is 0.265. The molecular formula is C17H22ClN3O2. The van der Waals surface area contributed by atoms with Crippen molar-refractivity contribution in [3.63, 3.8) is 0 Å². The van der Waals surface area contributed by atoms with E-state index in [-0.39, 0.29) is 6.10 Å². The largest absolute Gasteiger partial charge is 0.444 e. The van der Waals surface area contributed by atoms with E-state index in [4.69, 9.17) is 16.0 Å². The summed E-state index contributed by atoms with van der Waals surface area (Å²) in [6, 6.07) is 7.49. The highest BCUT2D eigenvalue weighted by Crippen LogP contribution is 2.21. The Morgan fingerprint density at radius 1 is 1.17 bits per heavy atom. The van der Waals surface area contributed by atoms with Crippen molar-refractivity contribution in [2.24, 2.45) is 0 Å². The molecule has 0 spiro atoms. The van der Waals surface area contributed by atoms with E-state index in [0.29, 0.717) is 10.9 Å². The van der Waals surface area contributed by atoms with E-state index < -0.39 is 0 Å². The van der Waals surface area contributed by atoms with E-state index in [2.05, 4.69) is 14.8 Å². The number of β-amino-alcohol motifs (C(OH)–C–C–N with tert-alkyl or cyclic N) is 1. The molecule has 1 aromatic heterocycles. The van der Waals surface area contributed by atoms with Gasteiger partial charge in [-0.3, -0.25) is 9.80 Å². The Bertz CT molecular complexity index is 619. The van der Waals surface area contributed by atoms with E-state index in [1.165, 1.54) is 0 Å². The molecule has 23 heavy (non-hydrogen) atoms.